The van der Waals surface area contributed by atoms with Crippen molar-refractivity contribution in [3.8, 4) is 23.2 Å². The molecule has 0 bridgehead atoms. The molecule has 3 aliphatic rings. The Bertz CT molecular complexity index is 2280. The lowest BCUT2D eigenvalue weighted by Crippen LogP contribution is -2.65. The molecule has 7 rings (SSSR count). The summed E-state index contributed by atoms with van der Waals surface area (Å²) in [5, 5.41) is 36.6. The highest BCUT2D eigenvalue weighted by Crippen LogP contribution is 2.39. The van der Waals surface area contributed by atoms with E-state index in [1.807, 2.05) is 23.1 Å². The minimum Gasteiger partial charge on any atom is -0.475 e. The lowest BCUT2D eigenvalue weighted by atomic mass is 9.82. The van der Waals surface area contributed by atoms with Crippen molar-refractivity contribution in [2.24, 2.45) is 0 Å². The van der Waals surface area contributed by atoms with Crippen LogP contribution in [-0.2, 0) is 32.6 Å². The van der Waals surface area contributed by atoms with E-state index in [1.165, 1.54) is 12.4 Å². The fraction of sp³-hybridized carbons (Fsp3) is 0.528. The van der Waals surface area contributed by atoms with Crippen molar-refractivity contribution in [2.75, 3.05) is 26.2 Å². The van der Waals surface area contributed by atoms with E-state index in [9.17, 15) is 62.3 Å². The third-order valence-electron chi connectivity index (χ3n) is 9.88. The molecular weight excluding hydrogens is 931 g/mol. The van der Waals surface area contributed by atoms with Crippen LogP contribution in [0.1, 0.15) is 50.0 Å². The number of aromatic nitrogens is 7. The second-order valence-corrected chi connectivity index (χ2v) is 14.7. The Morgan fingerprint density at radius 3 is 1.94 bits per heavy atom. The van der Waals surface area contributed by atoms with Crippen LogP contribution in [0.2, 0.25) is 0 Å². The van der Waals surface area contributed by atoms with Gasteiger partial charge >= 0.3 is 42.6 Å². The number of nitrogens with zero attached hydrogens (tertiary/aromatic N) is 9. The third-order valence-corrected chi connectivity index (χ3v) is 9.88. The molecule has 66 heavy (non-hydrogen) atoms. The van der Waals surface area contributed by atoms with E-state index >= 15 is 0 Å². The molecule has 0 spiro atoms. The van der Waals surface area contributed by atoms with Crippen LogP contribution in [0, 0.1) is 11.3 Å². The highest BCUT2D eigenvalue weighted by molar-refractivity contribution is 5.90. The summed E-state index contributed by atoms with van der Waals surface area (Å²) in [6.45, 7) is 2.10. The predicted octanol–water partition coefficient (Wildman–Crippen LogP) is 6.39. The first-order valence-corrected chi connectivity index (χ1v) is 18.9. The van der Waals surface area contributed by atoms with Crippen molar-refractivity contribution < 1.29 is 91.5 Å². The number of carbonyl (C=O) groups is 3. The Kier molecular flexibility index (Phi) is 16.5. The van der Waals surface area contributed by atoms with Gasteiger partial charge in [0.05, 0.1) is 30.1 Å². The van der Waals surface area contributed by atoms with Crippen LogP contribution < -0.4 is 4.74 Å². The van der Waals surface area contributed by atoms with Crippen molar-refractivity contribution >= 4 is 28.9 Å². The Hall–Kier alpha value is -6.38. The van der Waals surface area contributed by atoms with Crippen molar-refractivity contribution in [2.45, 2.75) is 93.6 Å². The monoisotopic (exact) mass is 966 g/mol. The zero-order valence-electron chi connectivity index (χ0n) is 33.4. The molecule has 0 aromatic carbocycles. The van der Waals surface area contributed by atoms with Gasteiger partial charge < -0.3 is 25.0 Å². The minimum absolute atomic E-state index is 0.0983. The summed E-state index contributed by atoms with van der Waals surface area (Å²) >= 11 is 0. The number of carboxylic acids is 3. The Balaban J connectivity index is 0.000000377. The van der Waals surface area contributed by atoms with Gasteiger partial charge in [-0.1, -0.05) is 0 Å². The standard InChI is InChI=1S/C30H32F4N10O.3C2HF3O2/c31-20-6-10-42(14-20)15-21-11-25(41-28(40-21)30(32,33)34)45-23-3-1-22(2-4-23)43-16-29(17-43,7-8-35)44-13-19(12-39-44)26-24-5-9-36-27(24)38-18-37-26;3*3-2(4,5)1(6)7/h5,9,11-13,18,20,22-23H,1-4,6-7,10,14-17H2,(H,36,37,38);3*(H,6,7)/t20-,22-,23+;;;/m0.../s1. The van der Waals surface area contributed by atoms with Gasteiger partial charge in [-0.2, -0.15) is 68.0 Å². The van der Waals surface area contributed by atoms with Gasteiger partial charge in [-0.25, -0.2) is 33.7 Å². The van der Waals surface area contributed by atoms with Crippen LogP contribution in [0.5, 0.6) is 5.88 Å². The van der Waals surface area contributed by atoms with Crippen molar-refractivity contribution in [3.05, 3.63) is 48.6 Å². The van der Waals surface area contributed by atoms with Crippen molar-refractivity contribution in [3.63, 3.8) is 0 Å². The summed E-state index contributed by atoms with van der Waals surface area (Å²) in [6.07, 6.45) is -10.6. The number of aromatic amines is 1. The minimum atomic E-state index is -5.08. The number of rotatable bonds is 8. The number of nitriles is 1. The molecule has 2 aliphatic heterocycles. The molecule has 3 fully saturated rings. The molecule has 1 saturated carbocycles. The van der Waals surface area contributed by atoms with Crippen LogP contribution in [0.25, 0.3) is 22.3 Å². The first-order valence-electron chi connectivity index (χ1n) is 18.9. The largest absolute Gasteiger partial charge is 0.490 e. The Morgan fingerprint density at radius 2 is 1.44 bits per heavy atom. The summed E-state index contributed by atoms with van der Waals surface area (Å²) in [5.74, 6) is -9.61. The molecule has 17 nitrogen and oxygen atoms in total. The first-order chi connectivity index (χ1) is 30.5. The number of likely N-dealkylation sites (tertiary alicyclic amines) is 2. The zero-order chi connectivity index (χ0) is 49.4. The van der Waals surface area contributed by atoms with Gasteiger partial charge in [-0.15, -0.1) is 0 Å². The second-order valence-electron chi connectivity index (χ2n) is 14.7. The fourth-order valence-corrected chi connectivity index (χ4v) is 6.86. The topological polar surface area (TPSA) is 237 Å². The number of H-pyrrole nitrogens is 1. The maximum absolute atomic E-state index is 13.6. The number of alkyl halides is 13. The van der Waals surface area contributed by atoms with Gasteiger partial charge in [0.2, 0.25) is 11.7 Å². The van der Waals surface area contributed by atoms with E-state index < -0.39 is 60.1 Å². The summed E-state index contributed by atoms with van der Waals surface area (Å²) in [7, 11) is 0. The van der Waals surface area contributed by atoms with Crippen LogP contribution >= 0.6 is 0 Å². The van der Waals surface area contributed by atoms with Gasteiger partial charge in [0.15, 0.2) is 0 Å². The molecule has 30 heteroatoms. The number of ether oxygens (including phenoxy) is 1. The molecule has 2 saturated heterocycles. The molecule has 0 radical (unpaired) electrons. The summed E-state index contributed by atoms with van der Waals surface area (Å²) in [4.78, 5) is 50.0. The summed E-state index contributed by atoms with van der Waals surface area (Å²) in [6, 6.07) is 5.97. The van der Waals surface area contributed by atoms with E-state index in [1.54, 1.807) is 11.1 Å². The fourth-order valence-electron chi connectivity index (χ4n) is 6.86. The summed E-state index contributed by atoms with van der Waals surface area (Å²) < 4.78 is 157. The number of hydrogen-bond acceptors (Lipinski definition) is 12. The molecule has 4 aromatic heterocycles. The average molecular weight is 967 g/mol. The Morgan fingerprint density at radius 1 is 0.864 bits per heavy atom. The molecule has 6 heterocycles. The molecule has 362 valence electrons. The molecule has 0 unspecified atom stereocenters. The molecular formula is C36H35F13N10O7. The molecule has 1 atom stereocenters. The number of aliphatic carboxylic acids is 3. The number of nitrogens with one attached hydrogen (secondary N) is 1. The molecule has 1 aliphatic carbocycles. The number of halogens is 13. The molecule has 4 N–H and O–H groups in total. The lowest BCUT2D eigenvalue weighted by Gasteiger charge is -2.53. The predicted molar refractivity (Wildman–Crippen MR) is 194 cm³/mol. The van der Waals surface area contributed by atoms with Crippen LogP contribution in [0.4, 0.5) is 57.1 Å². The lowest BCUT2D eigenvalue weighted by molar-refractivity contribution is -0.193. The summed E-state index contributed by atoms with van der Waals surface area (Å²) in [5.41, 5.74) is 2.09. The van der Waals surface area contributed by atoms with E-state index in [4.69, 9.17) is 34.4 Å². The maximum Gasteiger partial charge on any atom is 0.490 e. The number of hydrogen-bond donors (Lipinski definition) is 4. The van der Waals surface area contributed by atoms with Crippen LogP contribution in [-0.4, -0.2) is 141 Å². The number of carboxylic acid groups (broad SMARTS) is 3. The highest BCUT2D eigenvalue weighted by atomic mass is 19.4. The van der Waals surface area contributed by atoms with Gasteiger partial charge in [0.1, 0.15) is 29.8 Å². The first kappa shape index (κ1) is 52.2. The maximum atomic E-state index is 13.6. The van der Waals surface area contributed by atoms with E-state index in [0.29, 0.717) is 45.3 Å². The third kappa shape index (κ3) is 14.3. The SMILES string of the molecule is N#CCC1(n2cc(-c3ncnc4[nH]ccc34)cn2)CN([C@H]2CC[C@@H](Oc3cc(CN4CC[C@H](F)C4)nc(C(F)(F)F)n3)CC2)C1.O=C(O)C(F)(F)F.O=C(O)C(F)(F)F.O=C(O)C(F)(F)F. The smallest absolute Gasteiger partial charge is 0.475 e. The van der Waals surface area contributed by atoms with Crippen molar-refractivity contribution in [1.82, 2.24) is 44.5 Å². The number of fused-ring (bicyclic) bond motifs is 1. The van der Waals surface area contributed by atoms with Gasteiger partial charge in [0.25, 0.3) is 0 Å². The van der Waals surface area contributed by atoms with Crippen molar-refractivity contribution in [1.29, 1.82) is 5.26 Å². The van der Waals surface area contributed by atoms with Crippen LogP contribution in [0.3, 0.4) is 0 Å². The van der Waals surface area contributed by atoms with E-state index in [0.717, 1.165) is 35.1 Å². The van der Waals surface area contributed by atoms with Crippen LogP contribution in [0.15, 0.2) is 37.1 Å². The average Bonchev–Trinajstić information content (AvgIpc) is 3.98. The normalized spacial score (nSPS) is 20.0. The Labute approximate surface area is 361 Å². The highest BCUT2D eigenvalue weighted by Gasteiger charge is 2.48. The quantitative estimate of drug-likeness (QED) is 0.140. The van der Waals surface area contributed by atoms with E-state index in [2.05, 4.69) is 41.0 Å². The van der Waals surface area contributed by atoms with Gasteiger partial charge in [-0.3, -0.25) is 14.5 Å². The second kappa shape index (κ2) is 20.8. The molecule has 4 aromatic rings. The zero-order valence-corrected chi connectivity index (χ0v) is 33.4. The van der Waals surface area contributed by atoms with Gasteiger partial charge in [0, 0.05) is 68.2 Å². The van der Waals surface area contributed by atoms with E-state index in [-0.39, 0.29) is 36.8 Å². The van der Waals surface area contributed by atoms with Gasteiger partial charge in [-0.05, 0) is 38.2 Å². The molecule has 0 amide bonds.